The first-order valence-electron chi connectivity index (χ1n) is 8.99. The van der Waals surface area contributed by atoms with Crippen molar-refractivity contribution in [2.24, 2.45) is 5.73 Å². The van der Waals surface area contributed by atoms with E-state index in [4.69, 9.17) is 5.73 Å². The lowest BCUT2D eigenvalue weighted by Gasteiger charge is -2.11. The molecule has 3 rings (SSSR count). The van der Waals surface area contributed by atoms with Crippen molar-refractivity contribution >= 4 is 34.2 Å². The summed E-state index contributed by atoms with van der Waals surface area (Å²) in [4.78, 5) is 25.3. The zero-order valence-corrected chi connectivity index (χ0v) is 16.0. The van der Waals surface area contributed by atoms with Gasteiger partial charge < -0.3 is 11.1 Å². The molecule has 0 aliphatic heterocycles. The minimum absolute atomic E-state index is 0.251. The number of primary amides is 1. The first-order valence-corrected chi connectivity index (χ1v) is 9.80. The number of nitrogens with one attached hydrogen (secondary N) is 1. The molecule has 2 amide bonds. The molecule has 1 aromatic carbocycles. The van der Waals surface area contributed by atoms with Crippen LogP contribution < -0.4 is 11.1 Å². The summed E-state index contributed by atoms with van der Waals surface area (Å²) >= 11 is 1.48. The lowest BCUT2D eigenvalue weighted by atomic mass is 9.95. The van der Waals surface area contributed by atoms with Crippen LogP contribution >= 0.6 is 11.3 Å². The number of anilines is 1. The molecule has 0 spiro atoms. The molecular weight excluding hydrogens is 344 g/mol. The Bertz CT molecular complexity index is 848. The molecule has 0 saturated carbocycles. The van der Waals surface area contributed by atoms with Crippen LogP contribution in [0.25, 0.3) is 6.08 Å². The van der Waals surface area contributed by atoms with E-state index < -0.39 is 5.91 Å². The average molecular weight is 369 g/mol. The Morgan fingerprint density at radius 2 is 1.85 bits per heavy atom. The van der Waals surface area contributed by atoms with Gasteiger partial charge in [-0.25, -0.2) is 0 Å². The quantitative estimate of drug-likeness (QED) is 0.763. The number of carbonyl (C=O) groups is 2. The summed E-state index contributed by atoms with van der Waals surface area (Å²) in [6.07, 6.45) is 7.26. The van der Waals surface area contributed by atoms with E-state index in [1.807, 2.05) is 12.1 Å². The first-order chi connectivity index (χ1) is 12.5. The predicted octanol–water partition coefficient (Wildman–Crippen LogP) is 4.50. The van der Waals surface area contributed by atoms with Crippen LogP contribution in [0.2, 0.25) is 0 Å². The van der Waals surface area contributed by atoms with E-state index in [1.165, 1.54) is 27.9 Å². The first kappa shape index (κ1) is 18.4. The second kappa shape index (κ2) is 7.87. The van der Waals surface area contributed by atoms with Gasteiger partial charge in [0, 0.05) is 11.0 Å². The molecule has 2 aromatic rings. The highest BCUT2D eigenvalue weighted by Gasteiger charge is 2.24. The van der Waals surface area contributed by atoms with Crippen molar-refractivity contribution in [3.05, 3.63) is 57.5 Å². The summed E-state index contributed by atoms with van der Waals surface area (Å²) in [7, 11) is 0. The molecule has 1 aliphatic carbocycles. The van der Waals surface area contributed by atoms with Crippen molar-refractivity contribution in [1.29, 1.82) is 0 Å². The maximum absolute atomic E-state index is 12.3. The standard InChI is InChI=1S/C21H24N2O2S/c1-13(2)15-10-7-14(8-11-15)9-12-18(24)23-21-19(20(22)25)16-5-3-4-6-17(16)26-21/h7-13H,3-6H2,1-2H3,(H2,22,25)(H,23,24). The van der Waals surface area contributed by atoms with E-state index in [-0.39, 0.29) is 5.91 Å². The number of thiophene rings is 1. The molecule has 0 unspecified atom stereocenters. The van der Waals surface area contributed by atoms with Crippen molar-refractivity contribution in [3.63, 3.8) is 0 Å². The van der Waals surface area contributed by atoms with E-state index >= 15 is 0 Å². The molecule has 26 heavy (non-hydrogen) atoms. The summed E-state index contributed by atoms with van der Waals surface area (Å²) in [5.41, 5.74) is 9.31. The van der Waals surface area contributed by atoms with Crippen molar-refractivity contribution in [1.82, 2.24) is 0 Å². The third-order valence-electron chi connectivity index (χ3n) is 4.68. The number of hydrogen-bond donors (Lipinski definition) is 2. The predicted molar refractivity (Wildman–Crippen MR) is 108 cm³/mol. The number of rotatable bonds is 5. The number of hydrogen-bond acceptors (Lipinski definition) is 3. The lowest BCUT2D eigenvalue weighted by molar-refractivity contribution is -0.111. The fraction of sp³-hybridized carbons (Fsp3) is 0.333. The van der Waals surface area contributed by atoms with Gasteiger partial charge in [0.15, 0.2) is 0 Å². The summed E-state index contributed by atoms with van der Waals surface area (Å²) in [5.74, 6) is -0.236. The molecule has 0 radical (unpaired) electrons. The Morgan fingerprint density at radius 1 is 1.15 bits per heavy atom. The number of fused-ring (bicyclic) bond motifs is 1. The van der Waals surface area contributed by atoms with Crippen LogP contribution in [0, 0.1) is 0 Å². The fourth-order valence-electron chi connectivity index (χ4n) is 3.23. The molecule has 1 aliphatic rings. The molecule has 4 nitrogen and oxygen atoms in total. The Labute approximate surface area is 158 Å². The summed E-state index contributed by atoms with van der Waals surface area (Å²) < 4.78 is 0. The molecule has 0 fully saturated rings. The molecule has 3 N–H and O–H groups in total. The fourth-order valence-corrected chi connectivity index (χ4v) is 4.53. The Kier molecular flexibility index (Phi) is 5.57. The molecule has 0 bridgehead atoms. The van der Waals surface area contributed by atoms with Crippen molar-refractivity contribution in [2.45, 2.75) is 45.4 Å². The van der Waals surface area contributed by atoms with E-state index in [9.17, 15) is 9.59 Å². The lowest BCUT2D eigenvalue weighted by Crippen LogP contribution is -2.17. The number of benzene rings is 1. The number of aryl methyl sites for hydroxylation is 1. The molecular formula is C21H24N2O2S. The van der Waals surface area contributed by atoms with Crippen LogP contribution in [0.4, 0.5) is 5.00 Å². The zero-order chi connectivity index (χ0) is 18.7. The third-order valence-corrected chi connectivity index (χ3v) is 5.89. The minimum Gasteiger partial charge on any atom is -0.365 e. The highest BCUT2D eigenvalue weighted by atomic mass is 32.1. The third kappa shape index (κ3) is 4.05. The molecule has 136 valence electrons. The number of amides is 2. The second-order valence-electron chi connectivity index (χ2n) is 6.92. The maximum Gasteiger partial charge on any atom is 0.251 e. The zero-order valence-electron chi connectivity index (χ0n) is 15.2. The molecule has 5 heteroatoms. The van der Waals surface area contributed by atoms with Crippen LogP contribution in [0.3, 0.4) is 0 Å². The van der Waals surface area contributed by atoms with Gasteiger partial charge in [0.25, 0.3) is 5.91 Å². The molecule has 0 saturated heterocycles. The van der Waals surface area contributed by atoms with Gasteiger partial charge in [0.05, 0.1) is 5.56 Å². The van der Waals surface area contributed by atoms with E-state index in [0.29, 0.717) is 16.5 Å². The van der Waals surface area contributed by atoms with Crippen molar-refractivity contribution in [2.75, 3.05) is 5.32 Å². The second-order valence-corrected chi connectivity index (χ2v) is 8.03. The number of carbonyl (C=O) groups excluding carboxylic acids is 2. The van der Waals surface area contributed by atoms with Gasteiger partial charge in [-0.05, 0) is 54.4 Å². The highest BCUT2D eigenvalue weighted by molar-refractivity contribution is 7.17. The van der Waals surface area contributed by atoms with Gasteiger partial charge in [-0.2, -0.15) is 0 Å². The monoisotopic (exact) mass is 368 g/mol. The van der Waals surface area contributed by atoms with Crippen LogP contribution in [0.1, 0.15) is 64.5 Å². The SMILES string of the molecule is CC(C)c1ccc(C=CC(=O)Nc2sc3c(c2C(N)=O)CCCC3)cc1. The van der Waals surface area contributed by atoms with Crippen molar-refractivity contribution in [3.8, 4) is 0 Å². The normalized spacial score (nSPS) is 13.8. The Balaban J connectivity index is 1.74. The minimum atomic E-state index is -0.465. The van der Waals surface area contributed by atoms with Crippen LogP contribution in [-0.2, 0) is 17.6 Å². The van der Waals surface area contributed by atoms with Gasteiger partial charge in [0.2, 0.25) is 5.91 Å². The van der Waals surface area contributed by atoms with Gasteiger partial charge in [-0.3, -0.25) is 9.59 Å². The Morgan fingerprint density at radius 3 is 2.50 bits per heavy atom. The van der Waals surface area contributed by atoms with Crippen molar-refractivity contribution < 1.29 is 9.59 Å². The van der Waals surface area contributed by atoms with Crippen LogP contribution in [-0.4, -0.2) is 11.8 Å². The smallest absolute Gasteiger partial charge is 0.251 e. The highest BCUT2D eigenvalue weighted by Crippen LogP contribution is 2.37. The van der Waals surface area contributed by atoms with E-state index in [2.05, 4.69) is 31.3 Å². The Hall–Kier alpha value is -2.40. The average Bonchev–Trinajstić information content (AvgIpc) is 2.98. The van der Waals surface area contributed by atoms with E-state index in [0.717, 1.165) is 36.8 Å². The summed E-state index contributed by atoms with van der Waals surface area (Å²) in [6.45, 7) is 4.30. The maximum atomic E-state index is 12.3. The van der Waals surface area contributed by atoms with Gasteiger partial charge in [0.1, 0.15) is 5.00 Å². The van der Waals surface area contributed by atoms with Crippen LogP contribution in [0.15, 0.2) is 30.3 Å². The van der Waals surface area contributed by atoms with Crippen LogP contribution in [0.5, 0.6) is 0 Å². The van der Waals surface area contributed by atoms with Gasteiger partial charge >= 0.3 is 0 Å². The summed E-state index contributed by atoms with van der Waals surface area (Å²) in [5, 5.41) is 3.42. The number of nitrogens with two attached hydrogens (primary N) is 1. The summed E-state index contributed by atoms with van der Waals surface area (Å²) in [6, 6.07) is 8.14. The topological polar surface area (TPSA) is 72.2 Å². The molecule has 0 atom stereocenters. The molecule has 1 heterocycles. The van der Waals surface area contributed by atoms with Gasteiger partial charge in [-0.15, -0.1) is 11.3 Å². The van der Waals surface area contributed by atoms with E-state index in [1.54, 1.807) is 6.08 Å². The molecule has 1 aromatic heterocycles. The largest absolute Gasteiger partial charge is 0.365 e. The van der Waals surface area contributed by atoms with Gasteiger partial charge in [-0.1, -0.05) is 38.1 Å².